The molecule has 0 radical (unpaired) electrons. The largest absolute Gasteiger partial charge is 0.363 e. The molecule has 1 aliphatic heterocycles. The van der Waals surface area contributed by atoms with E-state index in [0.717, 1.165) is 23.2 Å². The molecule has 1 unspecified atom stereocenters. The van der Waals surface area contributed by atoms with Crippen LogP contribution in [-0.2, 0) is 4.79 Å². The van der Waals surface area contributed by atoms with Crippen LogP contribution in [0, 0.1) is 0 Å². The average Bonchev–Trinajstić information content (AvgIpc) is 3.07. The first-order valence-corrected chi connectivity index (χ1v) is 13.6. The van der Waals surface area contributed by atoms with E-state index in [1.54, 1.807) is 18.0 Å². The number of anilines is 1. The molecule has 1 atom stereocenters. The number of carbonyl (C=O) groups excluding carboxylic acids is 1. The molecular weight excluding hydrogens is 524 g/mol. The molecule has 4 aromatic carbocycles. The van der Waals surface area contributed by atoms with Gasteiger partial charge in [0.2, 0.25) is 6.17 Å². The summed E-state index contributed by atoms with van der Waals surface area (Å²) in [6, 6.07) is 36.2. The number of thiocarbonyl (C=S) groups is 1. The Hall–Kier alpha value is -4.00. The van der Waals surface area contributed by atoms with Crippen molar-refractivity contribution < 1.29 is 4.79 Å². The highest BCUT2D eigenvalue weighted by molar-refractivity contribution is 7.80. The fourth-order valence-corrected chi connectivity index (χ4v) is 5.25. The summed E-state index contributed by atoms with van der Waals surface area (Å²) in [5.74, 6) is 0.00963. The molecule has 5 nitrogen and oxygen atoms in total. The fourth-order valence-electron chi connectivity index (χ4n) is 4.87. The molecule has 5 rings (SSSR count). The summed E-state index contributed by atoms with van der Waals surface area (Å²) in [7, 11) is 1.74. The highest BCUT2D eigenvalue weighted by atomic mass is 35.5. The molecule has 1 aliphatic rings. The zero-order chi connectivity index (χ0) is 27.2. The summed E-state index contributed by atoms with van der Waals surface area (Å²) in [5, 5.41) is 7.40. The molecular formula is C32H29ClN4OS. The molecule has 196 valence electrons. The Kier molecular flexibility index (Phi) is 8.35. The predicted molar refractivity (Wildman–Crippen MR) is 164 cm³/mol. The molecule has 0 saturated heterocycles. The van der Waals surface area contributed by atoms with E-state index in [0.29, 0.717) is 22.4 Å². The number of aliphatic imine (C=N–C) groups is 1. The van der Waals surface area contributed by atoms with Crippen molar-refractivity contribution in [3.8, 4) is 0 Å². The van der Waals surface area contributed by atoms with Crippen molar-refractivity contribution >= 4 is 46.2 Å². The maximum atomic E-state index is 13.5. The molecule has 7 heteroatoms. The summed E-state index contributed by atoms with van der Waals surface area (Å²) in [6.07, 6.45) is -0.0629. The van der Waals surface area contributed by atoms with Gasteiger partial charge >= 0.3 is 0 Å². The summed E-state index contributed by atoms with van der Waals surface area (Å²) in [6.45, 7) is 0.627. The number of fused-ring (bicyclic) bond motifs is 1. The third kappa shape index (κ3) is 6.19. The normalized spacial score (nSPS) is 14.8. The first-order valence-electron chi connectivity index (χ1n) is 12.9. The van der Waals surface area contributed by atoms with Crippen LogP contribution in [0.25, 0.3) is 0 Å². The van der Waals surface area contributed by atoms with E-state index >= 15 is 0 Å². The second kappa shape index (κ2) is 12.2. The van der Waals surface area contributed by atoms with E-state index in [9.17, 15) is 4.79 Å². The third-order valence-electron chi connectivity index (χ3n) is 6.84. The van der Waals surface area contributed by atoms with Crippen LogP contribution in [0.2, 0.25) is 5.02 Å². The van der Waals surface area contributed by atoms with Crippen LogP contribution in [0.1, 0.15) is 34.6 Å². The van der Waals surface area contributed by atoms with Gasteiger partial charge in [0.15, 0.2) is 5.11 Å². The molecule has 1 amide bonds. The molecule has 39 heavy (non-hydrogen) atoms. The Morgan fingerprint density at radius 2 is 1.51 bits per heavy atom. The number of nitrogens with one attached hydrogen (secondary N) is 2. The number of halogens is 1. The van der Waals surface area contributed by atoms with Crippen molar-refractivity contribution in [2.24, 2.45) is 4.99 Å². The van der Waals surface area contributed by atoms with Gasteiger partial charge in [-0.1, -0.05) is 103 Å². The lowest BCUT2D eigenvalue weighted by molar-refractivity contribution is -0.119. The average molecular weight is 553 g/mol. The Labute approximate surface area is 239 Å². The first kappa shape index (κ1) is 26.6. The molecule has 0 spiro atoms. The van der Waals surface area contributed by atoms with Crippen molar-refractivity contribution in [3.05, 3.63) is 136 Å². The number of carbonyl (C=O) groups is 1. The molecule has 0 fully saturated rings. The van der Waals surface area contributed by atoms with Crippen LogP contribution in [-0.4, -0.2) is 36.5 Å². The van der Waals surface area contributed by atoms with Gasteiger partial charge in [0.05, 0.1) is 11.4 Å². The minimum atomic E-state index is -0.893. The zero-order valence-corrected chi connectivity index (χ0v) is 23.1. The second-order valence-corrected chi connectivity index (χ2v) is 10.2. The second-order valence-electron chi connectivity index (χ2n) is 9.37. The molecule has 2 N–H and O–H groups in total. The minimum absolute atomic E-state index is 0.208. The van der Waals surface area contributed by atoms with Crippen molar-refractivity contribution in [3.63, 3.8) is 0 Å². The quantitative estimate of drug-likeness (QED) is 0.269. The van der Waals surface area contributed by atoms with Gasteiger partial charge in [-0.25, -0.2) is 4.99 Å². The van der Waals surface area contributed by atoms with Crippen molar-refractivity contribution in [2.75, 3.05) is 18.5 Å². The summed E-state index contributed by atoms with van der Waals surface area (Å²) in [5.41, 5.74) is 5.60. The van der Waals surface area contributed by atoms with Gasteiger partial charge in [0, 0.05) is 35.7 Å². The maximum absolute atomic E-state index is 13.5. The molecule has 1 heterocycles. The van der Waals surface area contributed by atoms with Crippen LogP contribution in [0.4, 0.5) is 5.69 Å². The van der Waals surface area contributed by atoms with Gasteiger partial charge in [-0.05, 0) is 48.0 Å². The van der Waals surface area contributed by atoms with Crippen LogP contribution >= 0.6 is 23.8 Å². The monoisotopic (exact) mass is 552 g/mol. The topological polar surface area (TPSA) is 56.7 Å². The van der Waals surface area contributed by atoms with Gasteiger partial charge in [-0.3, -0.25) is 4.79 Å². The minimum Gasteiger partial charge on any atom is -0.363 e. The standard InChI is InChI=1S/C32H29ClN4OS/c1-37-28-18-17-25(33)21-27(28)29(24-15-9-4-10-16-24)35-30(31(37)38)36-32(39)34-20-19-26(22-11-5-2-6-12-22)23-13-7-3-8-14-23/h2-18,21,26,30H,19-20H2,1H3,(H2,34,36,39). The van der Waals surface area contributed by atoms with Crippen molar-refractivity contribution in [1.82, 2.24) is 10.6 Å². The number of hydrogen-bond donors (Lipinski definition) is 2. The third-order valence-corrected chi connectivity index (χ3v) is 7.33. The lowest BCUT2D eigenvalue weighted by atomic mass is 9.88. The van der Waals surface area contributed by atoms with E-state index in [2.05, 4.69) is 59.2 Å². The van der Waals surface area contributed by atoms with E-state index in [1.807, 2.05) is 54.6 Å². The Bertz CT molecular complexity index is 1440. The maximum Gasteiger partial charge on any atom is 0.272 e. The number of amides is 1. The lowest BCUT2D eigenvalue weighted by Crippen LogP contribution is -2.49. The molecule has 0 aliphatic carbocycles. The van der Waals surface area contributed by atoms with Gasteiger partial charge in [0.1, 0.15) is 0 Å². The van der Waals surface area contributed by atoms with Crippen LogP contribution < -0.4 is 15.5 Å². The van der Waals surface area contributed by atoms with Crippen LogP contribution in [0.3, 0.4) is 0 Å². The number of benzene rings is 4. The Morgan fingerprint density at radius 3 is 2.13 bits per heavy atom. The summed E-state index contributed by atoms with van der Waals surface area (Å²) >= 11 is 12.0. The number of nitrogens with zero attached hydrogens (tertiary/aromatic N) is 2. The van der Waals surface area contributed by atoms with E-state index in [1.165, 1.54) is 11.1 Å². The van der Waals surface area contributed by atoms with Gasteiger partial charge < -0.3 is 15.5 Å². The number of benzodiazepines with no additional fused rings is 1. The number of rotatable bonds is 7. The van der Waals surface area contributed by atoms with Crippen LogP contribution in [0.15, 0.2) is 114 Å². The molecule has 0 aromatic heterocycles. The summed E-state index contributed by atoms with van der Waals surface area (Å²) < 4.78 is 0. The number of likely N-dealkylation sites (N-methyl/N-ethyl adjacent to an activating group) is 1. The van der Waals surface area contributed by atoms with Gasteiger partial charge in [-0.2, -0.15) is 0 Å². The van der Waals surface area contributed by atoms with E-state index in [4.69, 9.17) is 28.8 Å². The Balaban J connectivity index is 1.34. The van der Waals surface area contributed by atoms with E-state index < -0.39 is 6.17 Å². The summed E-state index contributed by atoms with van der Waals surface area (Å²) in [4.78, 5) is 20.0. The SMILES string of the molecule is CN1C(=O)C(NC(=S)NCCC(c2ccccc2)c2ccccc2)N=C(c2ccccc2)c2cc(Cl)ccc21. The first-order chi connectivity index (χ1) is 19.0. The van der Waals surface area contributed by atoms with Crippen molar-refractivity contribution in [1.29, 1.82) is 0 Å². The van der Waals surface area contributed by atoms with Gasteiger partial charge in [0.25, 0.3) is 5.91 Å². The molecule has 4 aromatic rings. The lowest BCUT2D eigenvalue weighted by Gasteiger charge is -2.23. The smallest absolute Gasteiger partial charge is 0.272 e. The highest BCUT2D eigenvalue weighted by Crippen LogP contribution is 2.30. The van der Waals surface area contributed by atoms with Crippen LogP contribution in [0.5, 0.6) is 0 Å². The Morgan fingerprint density at radius 1 is 0.923 bits per heavy atom. The highest BCUT2D eigenvalue weighted by Gasteiger charge is 2.30. The van der Waals surface area contributed by atoms with E-state index in [-0.39, 0.29) is 11.8 Å². The zero-order valence-electron chi connectivity index (χ0n) is 21.6. The van der Waals surface area contributed by atoms with Gasteiger partial charge in [-0.15, -0.1) is 0 Å². The van der Waals surface area contributed by atoms with Crippen molar-refractivity contribution in [2.45, 2.75) is 18.5 Å². The predicted octanol–water partition coefficient (Wildman–Crippen LogP) is 6.17. The molecule has 0 saturated carbocycles. The fraction of sp³-hybridized carbons (Fsp3) is 0.156. The number of hydrogen-bond acceptors (Lipinski definition) is 3. The molecule has 0 bridgehead atoms.